The van der Waals surface area contributed by atoms with Gasteiger partial charge in [0.25, 0.3) is 0 Å². The van der Waals surface area contributed by atoms with Gasteiger partial charge in [0.2, 0.25) is 5.91 Å². The first kappa shape index (κ1) is 18.2. The standard InChI is InChI=1S/C18H22N4O3S/c1-25-15-9-5-4-8-14(15)21-16(23)10-13-11-26-18(20-13)22-17(24)19-12-6-2-3-7-12/h4-5,8-9,11-12H,2-3,6-7,10H2,1H3,(H,21,23)(H2,19,20,22,24). The first-order valence-corrected chi connectivity index (χ1v) is 9.47. The van der Waals surface area contributed by atoms with Crippen LogP contribution in [-0.4, -0.2) is 30.1 Å². The minimum absolute atomic E-state index is 0.125. The van der Waals surface area contributed by atoms with E-state index in [1.165, 1.54) is 11.3 Å². The van der Waals surface area contributed by atoms with Crippen LogP contribution in [0.5, 0.6) is 5.75 Å². The number of urea groups is 1. The number of ether oxygens (including phenoxy) is 1. The lowest BCUT2D eigenvalue weighted by molar-refractivity contribution is -0.115. The zero-order chi connectivity index (χ0) is 18.4. The van der Waals surface area contributed by atoms with E-state index in [2.05, 4.69) is 20.9 Å². The molecule has 3 amide bonds. The smallest absolute Gasteiger partial charge is 0.321 e. The summed E-state index contributed by atoms with van der Waals surface area (Å²) in [6.45, 7) is 0. The number of anilines is 2. The minimum Gasteiger partial charge on any atom is -0.495 e. The Kier molecular flexibility index (Phi) is 6.06. The van der Waals surface area contributed by atoms with Crippen molar-refractivity contribution in [3.63, 3.8) is 0 Å². The molecule has 2 aromatic rings. The lowest BCUT2D eigenvalue weighted by Crippen LogP contribution is -2.36. The van der Waals surface area contributed by atoms with E-state index >= 15 is 0 Å². The molecule has 0 radical (unpaired) electrons. The first-order valence-electron chi connectivity index (χ1n) is 8.59. The molecule has 3 N–H and O–H groups in total. The molecule has 0 unspecified atom stereocenters. The van der Waals surface area contributed by atoms with E-state index in [4.69, 9.17) is 4.74 Å². The third-order valence-corrected chi connectivity index (χ3v) is 4.99. The van der Waals surface area contributed by atoms with Crippen LogP contribution >= 0.6 is 11.3 Å². The molecule has 1 fully saturated rings. The van der Waals surface area contributed by atoms with Crippen LogP contribution in [0.3, 0.4) is 0 Å². The second-order valence-corrected chi connectivity index (χ2v) is 7.01. The van der Waals surface area contributed by atoms with Crippen molar-refractivity contribution in [2.75, 3.05) is 17.7 Å². The van der Waals surface area contributed by atoms with Gasteiger partial charge in [0, 0.05) is 11.4 Å². The molecule has 1 aliphatic rings. The summed E-state index contributed by atoms with van der Waals surface area (Å²) >= 11 is 1.30. The van der Waals surface area contributed by atoms with Gasteiger partial charge in [0.1, 0.15) is 5.75 Å². The van der Waals surface area contributed by atoms with E-state index in [1.807, 2.05) is 12.1 Å². The number of nitrogens with zero attached hydrogens (tertiary/aromatic N) is 1. The molecule has 3 rings (SSSR count). The number of rotatable bonds is 6. The van der Waals surface area contributed by atoms with Gasteiger partial charge in [-0.3, -0.25) is 10.1 Å². The molecule has 0 atom stereocenters. The summed E-state index contributed by atoms with van der Waals surface area (Å²) in [5, 5.41) is 10.7. The van der Waals surface area contributed by atoms with Crippen molar-refractivity contribution in [3.8, 4) is 5.75 Å². The fraction of sp³-hybridized carbons (Fsp3) is 0.389. The normalized spacial score (nSPS) is 14.0. The van der Waals surface area contributed by atoms with Crippen LogP contribution in [0, 0.1) is 0 Å². The van der Waals surface area contributed by atoms with Gasteiger partial charge in [-0.15, -0.1) is 11.3 Å². The van der Waals surface area contributed by atoms with E-state index in [1.54, 1.807) is 24.6 Å². The van der Waals surface area contributed by atoms with Crippen molar-refractivity contribution < 1.29 is 14.3 Å². The van der Waals surface area contributed by atoms with Crippen LogP contribution in [-0.2, 0) is 11.2 Å². The van der Waals surface area contributed by atoms with Gasteiger partial charge < -0.3 is 15.4 Å². The number of methoxy groups -OCH3 is 1. The molecule has 26 heavy (non-hydrogen) atoms. The summed E-state index contributed by atoms with van der Waals surface area (Å²) in [6, 6.07) is 7.23. The molecular weight excluding hydrogens is 352 g/mol. The van der Waals surface area contributed by atoms with E-state index in [9.17, 15) is 9.59 Å². The van der Waals surface area contributed by atoms with Gasteiger partial charge in [-0.1, -0.05) is 25.0 Å². The summed E-state index contributed by atoms with van der Waals surface area (Å²) in [6.07, 6.45) is 4.50. The van der Waals surface area contributed by atoms with Gasteiger partial charge >= 0.3 is 6.03 Å². The van der Waals surface area contributed by atoms with Crippen LogP contribution in [0.1, 0.15) is 31.4 Å². The summed E-state index contributed by atoms with van der Waals surface area (Å²) in [4.78, 5) is 28.5. The first-order chi connectivity index (χ1) is 12.6. The highest BCUT2D eigenvalue weighted by Gasteiger charge is 2.18. The highest BCUT2D eigenvalue weighted by atomic mass is 32.1. The molecule has 0 spiro atoms. The Hall–Kier alpha value is -2.61. The van der Waals surface area contributed by atoms with Crippen LogP contribution in [0.2, 0.25) is 0 Å². The van der Waals surface area contributed by atoms with Gasteiger partial charge in [-0.2, -0.15) is 0 Å². The van der Waals surface area contributed by atoms with Gasteiger partial charge in [-0.05, 0) is 25.0 Å². The largest absolute Gasteiger partial charge is 0.495 e. The topological polar surface area (TPSA) is 92.4 Å². The zero-order valence-electron chi connectivity index (χ0n) is 14.6. The molecule has 1 heterocycles. The summed E-state index contributed by atoms with van der Waals surface area (Å²) in [5.74, 6) is 0.409. The second kappa shape index (κ2) is 8.66. The molecular formula is C18H22N4O3S. The molecule has 1 aromatic carbocycles. The van der Waals surface area contributed by atoms with Gasteiger partial charge in [0.15, 0.2) is 5.13 Å². The molecule has 0 saturated heterocycles. The lowest BCUT2D eigenvalue weighted by atomic mass is 10.2. The van der Waals surface area contributed by atoms with E-state index in [-0.39, 0.29) is 24.4 Å². The number of para-hydroxylation sites is 2. The Morgan fingerprint density at radius 1 is 1.23 bits per heavy atom. The van der Waals surface area contributed by atoms with Gasteiger partial charge in [-0.25, -0.2) is 9.78 Å². The Balaban J connectivity index is 1.51. The van der Waals surface area contributed by atoms with Gasteiger partial charge in [0.05, 0.1) is 24.9 Å². The average Bonchev–Trinajstić information content (AvgIpc) is 3.27. The predicted molar refractivity (Wildman–Crippen MR) is 102 cm³/mol. The summed E-state index contributed by atoms with van der Waals surface area (Å²) in [7, 11) is 1.56. The average molecular weight is 374 g/mol. The SMILES string of the molecule is COc1ccccc1NC(=O)Cc1csc(NC(=O)NC2CCCC2)n1. The number of hydrogen-bond acceptors (Lipinski definition) is 5. The monoisotopic (exact) mass is 374 g/mol. The Labute approximate surface area is 156 Å². The quantitative estimate of drug-likeness (QED) is 0.722. The Morgan fingerprint density at radius 2 is 2.00 bits per heavy atom. The zero-order valence-corrected chi connectivity index (χ0v) is 15.4. The molecule has 138 valence electrons. The Bertz CT molecular complexity index is 771. The summed E-state index contributed by atoms with van der Waals surface area (Å²) < 4.78 is 5.22. The Morgan fingerprint density at radius 3 is 2.77 bits per heavy atom. The molecule has 1 saturated carbocycles. The molecule has 1 aromatic heterocycles. The molecule has 0 bridgehead atoms. The second-order valence-electron chi connectivity index (χ2n) is 6.15. The maximum absolute atomic E-state index is 12.2. The number of aromatic nitrogens is 1. The lowest BCUT2D eigenvalue weighted by Gasteiger charge is -2.11. The fourth-order valence-electron chi connectivity index (χ4n) is 2.94. The summed E-state index contributed by atoms with van der Waals surface area (Å²) in [5.41, 5.74) is 1.23. The number of nitrogens with one attached hydrogen (secondary N) is 3. The van der Waals surface area contributed by atoms with Crippen molar-refractivity contribution in [3.05, 3.63) is 35.3 Å². The van der Waals surface area contributed by atoms with Crippen LogP contribution in [0.15, 0.2) is 29.6 Å². The number of carbonyl (C=O) groups excluding carboxylic acids is 2. The maximum atomic E-state index is 12.2. The van der Waals surface area contributed by atoms with Crippen LogP contribution in [0.4, 0.5) is 15.6 Å². The minimum atomic E-state index is -0.240. The number of thiazole rings is 1. The van der Waals surface area contributed by atoms with Crippen LogP contribution in [0.25, 0.3) is 0 Å². The number of hydrogen-bond donors (Lipinski definition) is 3. The number of amides is 3. The number of carbonyl (C=O) groups is 2. The number of benzene rings is 1. The van der Waals surface area contributed by atoms with Crippen LogP contribution < -0.4 is 20.7 Å². The van der Waals surface area contributed by atoms with E-state index < -0.39 is 0 Å². The third-order valence-electron chi connectivity index (χ3n) is 4.19. The molecule has 1 aliphatic carbocycles. The molecule has 0 aliphatic heterocycles. The van der Waals surface area contributed by atoms with Crippen molar-refractivity contribution in [1.82, 2.24) is 10.3 Å². The fourth-order valence-corrected chi connectivity index (χ4v) is 3.65. The van der Waals surface area contributed by atoms with Crippen molar-refractivity contribution in [2.24, 2.45) is 0 Å². The van der Waals surface area contributed by atoms with E-state index in [0.717, 1.165) is 25.7 Å². The predicted octanol–water partition coefficient (Wildman–Crippen LogP) is 3.40. The molecule has 7 nitrogen and oxygen atoms in total. The third kappa shape index (κ3) is 4.95. The van der Waals surface area contributed by atoms with Crippen molar-refractivity contribution in [2.45, 2.75) is 38.1 Å². The highest BCUT2D eigenvalue weighted by Crippen LogP contribution is 2.23. The van der Waals surface area contributed by atoms with Crippen molar-refractivity contribution in [1.29, 1.82) is 0 Å². The maximum Gasteiger partial charge on any atom is 0.321 e. The van der Waals surface area contributed by atoms with Crippen molar-refractivity contribution >= 4 is 34.1 Å². The molecule has 8 heteroatoms. The highest BCUT2D eigenvalue weighted by molar-refractivity contribution is 7.13. The van der Waals surface area contributed by atoms with E-state index in [0.29, 0.717) is 22.3 Å².